The zero-order valence-electron chi connectivity index (χ0n) is 15.3. The van der Waals surface area contributed by atoms with Crippen LogP contribution in [0.4, 0.5) is 0 Å². The highest BCUT2D eigenvalue weighted by Gasteiger charge is 2.18. The van der Waals surface area contributed by atoms with Gasteiger partial charge in [-0.1, -0.05) is 17.7 Å². The number of halogens is 1. The van der Waals surface area contributed by atoms with E-state index in [9.17, 15) is 0 Å². The Morgan fingerprint density at radius 3 is 1.96 bits per heavy atom. The first kappa shape index (κ1) is 18.1. The molecule has 26 heavy (non-hydrogen) atoms. The molecule has 3 rings (SSSR count). The van der Waals surface area contributed by atoms with Crippen LogP contribution >= 0.6 is 11.6 Å². The average molecular weight is 374 g/mol. The molecule has 0 aliphatic carbocycles. The van der Waals surface area contributed by atoms with E-state index in [1.165, 1.54) is 0 Å². The summed E-state index contributed by atoms with van der Waals surface area (Å²) in [5, 5.41) is 1.45. The van der Waals surface area contributed by atoms with Gasteiger partial charge in [0.15, 0.2) is 23.0 Å². The van der Waals surface area contributed by atoms with E-state index >= 15 is 0 Å². The lowest BCUT2D eigenvalue weighted by Crippen LogP contribution is -1.96. The van der Waals surface area contributed by atoms with Crippen LogP contribution < -0.4 is 18.9 Å². The third-order valence-electron chi connectivity index (χ3n) is 4.27. The summed E-state index contributed by atoms with van der Waals surface area (Å²) < 4.78 is 21.6. The first-order chi connectivity index (χ1) is 12.5. The third kappa shape index (κ3) is 2.99. The Morgan fingerprint density at radius 1 is 0.769 bits per heavy atom. The minimum absolute atomic E-state index is 0.580. The molecular formula is C20H20ClNO4. The maximum Gasteiger partial charge on any atom is 0.162 e. The molecule has 0 spiro atoms. The van der Waals surface area contributed by atoms with Crippen LogP contribution in [0.15, 0.2) is 30.3 Å². The van der Waals surface area contributed by atoms with Crippen LogP contribution in [-0.4, -0.2) is 33.4 Å². The SMILES string of the molecule is COc1ccc(-c2c(Cl)c(C)nc3cc(OC)c(OC)cc23)cc1OC. The van der Waals surface area contributed by atoms with Gasteiger partial charge in [-0.15, -0.1) is 0 Å². The molecule has 1 aromatic heterocycles. The van der Waals surface area contributed by atoms with Crippen LogP contribution in [0, 0.1) is 6.92 Å². The maximum atomic E-state index is 6.64. The van der Waals surface area contributed by atoms with E-state index in [0.717, 1.165) is 27.7 Å². The zero-order chi connectivity index (χ0) is 18.8. The molecular weight excluding hydrogens is 354 g/mol. The van der Waals surface area contributed by atoms with Crippen molar-refractivity contribution in [2.75, 3.05) is 28.4 Å². The largest absolute Gasteiger partial charge is 0.493 e. The molecule has 0 fully saturated rings. The monoisotopic (exact) mass is 373 g/mol. The number of benzene rings is 2. The summed E-state index contributed by atoms with van der Waals surface area (Å²) in [6.07, 6.45) is 0. The van der Waals surface area contributed by atoms with Crippen molar-refractivity contribution in [3.63, 3.8) is 0 Å². The molecule has 0 radical (unpaired) electrons. The van der Waals surface area contributed by atoms with Crippen molar-refractivity contribution in [3.8, 4) is 34.1 Å². The Balaban J connectivity index is 2.36. The molecule has 0 atom stereocenters. The summed E-state index contributed by atoms with van der Waals surface area (Å²) in [6.45, 7) is 1.88. The van der Waals surface area contributed by atoms with Crippen molar-refractivity contribution < 1.29 is 18.9 Å². The Kier molecular flexibility index (Phi) is 5.09. The predicted molar refractivity (Wildman–Crippen MR) is 103 cm³/mol. The van der Waals surface area contributed by atoms with E-state index in [4.69, 9.17) is 30.5 Å². The summed E-state index contributed by atoms with van der Waals surface area (Å²) in [6, 6.07) is 9.43. The van der Waals surface area contributed by atoms with Gasteiger partial charge < -0.3 is 18.9 Å². The number of pyridine rings is 1. The fourth-order valence-electron chi connectivity index (χ4n) is 2.96. The Hall–Kier alpha value is -2.66. The summed E-state index contributed by atoms with van der Waals surface area (Å²) in [5.41, 5.74) is 3.26. The van der Waals surface area contributed by atoms with Crippen LogP contribution in [-0.2, 0) is 0 Å². The highest BCUT2D eigenvalue weighted by atomic mass is 35.5. The number of aromatic nitrogens is 1. The lowest BCUT2D eigenvalue weighted by atomic mass is 9.99. The van der Waals surface area contributed by atoms with Gasteiger partial charge in [-0.2, -0.15) is 0 Å². The summed E-state index contributed by atoms with van der Waals surface area (Å²) in [4.78, 5) is 4.60. The standard InChI is InChI=1S/C20H20ClNO4/c1-11-20(21)19(12-6-7-15(23-2)16(8-12)24-3)13-9-17(25-4)18(26-5)10-14(13)22-11/h6-10H,1-5H3. The van der Waals surface area contributed by atoms with E-state index in [1.807, 2.05) is 37.3 Å². The van der Waals surface area contributed by atoms with Crippen LogP contribution in [0.25, 0.3) is 22.0 Å². The van der Waals surface area contributed by atoms with Gasteiger partial charge in [-0.25, -0.2) is 0 Å². The predicted octanol–water partition coefficient (Wildman–Crippen LogP) is 4.90. The molecule has 5 nitrogen and oxygen atoms in total. The van der Waals surface area contributed by atoms with E-state index in [-0.39, 0.29) is 0 Å². The lowest BCUT2D eigenvalue weighted by molar-refractivity contribution is 0.355. The van der Waals surface area contributed by atoms with Gasteiger partial charge in [0.2, 0.25) is 0 Å². The van der Waals surface area contributed by atoms with E-state index in [1.54, 1.807) is 28.4 Å². The Morgan fingerprint density at radius 2 is 1.35 bits per heavy atom. The van der Waals surface area contributed by atoms with E-state index in [2.05, 4.69) is 4.98 Å². The number of fused-ring (bicyclic) bond motifs is 1. The first-order valence-electron chi connectivity index (χ1n) is 7.98. The number of hydrogen-bond donors (Lipinski definition) is 0. The van der Waals surface area contributed by atoms with Crippen LogP contribution in [0.1, 0.15) is 5.69 Å². The third-order valence-corrected chi connectivity index (χ3v) is 4.73. The molecule has 0 aliphatic rings. The summed E-state index contributed by atoms with van der Waals surface area (Å²) in [7, 11) is 6.41. The normalized spacial score (nSPS) is 10.7. The Bertz CT molecular complexity index is 972. The van der Waals surface area contributed by atoms with Gasteiger partial charge in [0, 0.05) is 17.0 Å². The second-order valence-corrected chi connectivity index (χ2v) is 6.06. The number of nitrogens with zero attached hydrogens (tertiary/aromatic N) is 1. The fraction of sp³-hybridized carbons (Fsp3) is 0.250. The van der Waals surface area contributed by atoms with Crippen molar-refractivity contribution in [2.45, 2.75) is 6.92 Å². The molecule has 0 aliphatic heterocycles. The van der Waals surface area contributed by atoms with Gasteiger partial charge in [0.05, 0.1) is 44.7 Å². The average Bonchev–Trinajstić information content (AvgIpc) is 2.67. The highest BCUT2D eigenvalue weighted by Crippen LogP contribution is 2.42. The summed E-state index contributed by atoms with van der Waals surface area (Å²) >= 11 is 6.64. The fourth-order valence-corrected chi connectivity index (χ4v) is 3.22. The molecule has 136 valence electrons. The van der Waals surface area contributed by atoms with Gasteiger partial charge in [-0.3, -0.25) is 4.98 Å². The molecule has 6 heteroatoms. The van der Waals surface area contributed by atoms with Gasteiger partial charge >= 0.3 is 0 Å². The number of ether oxygens (including phenoxy) is 4. The summed E-state index contributed by atoms with van der Waals surface area (Å²) in [5.74, 6) is 2.52. The molecule has 0 N–H and O–H groups in total. The smallest absolute Gasteiger partial charge is 0.162 e. The van der Waals surface area contributed by atoms with Crippen molar-refractivity contribution in [3.05, 3.63) is 41.0 Å². The van der Waals surface area contributed by atoms with E-state index < -0.39 is 0 Å². The number of aryl methyl sites for hydroxylation is 1. The molecule has 3 aromatic rings. The Labute approximate surface area is 157 Å². The van der Waals surface area contributed by atoms with Crippen LogP contribution in [0.2, 0.25) is 5.02 Å². The minimum Gasteiger partial charge on any atom is -0.493 e. The molecule has 0 amide bonds. The molecule has 0 unspecified atom stereocenters. The minimum atomic E-state index is 0.580. The molecule has 0 bridgehead atoms. The molecule has 0 saturated heterocycles. The molecule has 2 aromatic carbocycles. The molecule has 1 heterocycles. The van der Waals surface area contributed by atoms with E-state index in [0.29, 0.717) is 28.0 Å². The second kappa shape index (κ2) is 7.30. The van der Waals surface area contributed by atoms with Crippen LogP contribution in [0.3, 0.4) is 0 Å². The van der Waals surface area contributed by atoms with Crippen molar-refractivity contribution in [1.29, 1.82) is 0 Å². The number of methoxy groups -OCH3 is 4. The highest BCUT2D eigenvalue weighted by molar-refractivity contribution is 6.35. The lowest BCUT2D eigenvalue weighted by Gasteiger charge is -2.16. The van der Waals surface area contributed by atoms with Gasteiger partial charge in [-0.05, 0) is 30.7 Å². The second-order valence-electron chi connectivity index (χ2n) is 5.68. The van der Waals surface area contributed by atoms with Gasteiger partial charge in [0.1, 0.15) is 0 Å². The van der Waals surface area contributed by atoms with Crippen molar-refractivity contribution >= 4 is 22.5 Å². The zero-order valence-corrected chi connectivity index (χ0v) is 16.1. The molecule has 0 saturated carbocycles. The van der Waals surface area contributed by atoms with Crippen molar-refractivity contribution in [2.24, 2.45) is 0 Å². The number of rotatable bonds is 5. The van der Waals surface area contributed by atoms with Crippen molar-refractivity contribution in [1.82, 2.24) is 4.98 Å². The maximum absolute atomic E-state index is 6.64. The quantitative estimate of drug-likeness (QED) is 0.636. The van der Waals surface area contributed by atoms with Gasteiger partial charge in [0.25, 0.3) is 0 Å². The van der Waals surface area contributed by atoms with Crippen LogP contribution in [0.5, 0.6) is 23.0 Å². The number of hydrogen-bond acceptors (Lipinski definition) is 5. The first-order valence-corrected chi connectivity index (χ1v) is 8.36. The topological polar surface area (TPSA) is 49.8 Å².